The molecule has 150 valence electrons. The molecule has 1 spiro atoms. The number of anilines is 2. The third-order valence-corrected chi connectivity index (χ3v) is 5.82. The zero-order chi connectivity index (χ0) is 19.8. The molecule has 3 aliphatic rings. The van der Waals surface area contributed by atoms with Crippen molar-refractivity contribution in [3.05, 3.63) is 53.8 Å². The third-order valence-electron chi connectivity index (χ3n) is 5.82. The van der Waals surface area contributed by atoms with Crippen LogP contribution in [0.2, 0.25) is 0 Å². The highest BCUT2D eigenvalue weighted by Crippen LogP contribution is 2.34. The molecule has 3 heterocycles. The van der Waals surface area contributed by atoms with Gasteiger partial charge < -0.3 is 19.7 Å². The SMILES string of the molecule is O=C1Nc2ccc(F)cc2C1C=Nc1ccc(N2CCC3(CC2)OCCO3)cc1. The molecule has 1 amide bonds. The Balaban J connectivity index is 1.26. The van der Waals surface area contributed by atoms with Crippen molar-refractivity contribution in [2.24, 2.45) is 4.99 Å². The summed E-state index contributed by atoms with van der Waals surface area (Å²) in [6.45, 7) is 3.13. The van der Waals surface area contributed by atoms with Gasteiger partial charge in [-0.15, -0.1) is 0 Å². The van der Waals surface area contributed by atoms with Crippen LogP contribution in [0.3, 0.4) is 0 Å². The van der Waals surface area contributed by atoms with E-state index in [9.17, 15) is 9.18 Å². The maximum Gasteiger partial charge on any atom is 0.237 e. The minimum absolute atomic E-state index is 0.190. The lowest BCUT2D eigenvalue weighted by atomic mass is 10.0. The van der Waals surface area contributed by atoms with E-state index >= 15 is 0 Å². The number of piperidine rings is 1. The van der Waals surface area contributed by atoms with E-state index in [1.807, 2.05) is 24.3 Å². The Morgan fingerprint density at radius 2 is 1.83 bits per heavy atom. The van der Waals surface area contributed by atoms with Gasteiger partial charge in [0.1, 0.15) is 11.7 Å². The Bertz CT molecular complexity index is 944. The van der Waals surface area contributed by atoms with Crippen molar-refractivity contribution >= 4 is 29.2 Å². The molecule has 6 nitrogen and oxygen atoms in total. The predicted molar refractivity (Wildman–Crippen MR) is 108 cm³/mol. The summed E-state index contributed by atoms with van der Waals surface area (Å²) in [5, 5.41) is 2.76. The number of ether oxygens (including phenoxy) is 2. The van der Waals surface area contributed by atoms with Crippen molar-refractivity contribution < 1.29 is 18.7 Å². The number of hydrogen-bond acceptors (Lipinski definition) is 5. The minimum Gasteiger partial charge on any atom is -0.371 e. The third kappa shape index (κ3) is 3.52. The van der Waals surface area contributed by atoms with E-state index in [2.05, 4.69) is 15.2 Å². The van der Waals surface area contributed by atoms with Gasteiger partial charge in [0.25, 0.3) is 0 Å². The molecular formula is C22H22FN3O3. The van der Waals surface area contributed by atoms with Crippen LogP contribution in [0.5, 0.6) is 0 Å². The van der Waals surface area contributed by atoms with Gasteiger partial charge in [-0.1, -0.05) is 0 Å². The molecular weight excluding hydrogens is 373 g/mol. The predicted octanol–water partition coefficient (Wildman–Crippen LogP) is 3.61. The van der Waals surface area contributed by atoms with E-state index in [0.29, 0.717) is 24.5 Å². The number of benzene rings is 2. The number of fused-ring (bicyclic) bond motifs is 1. The van der Waals surface area contributed by atoms with E-state index in [1.54, 1.807) is 12.3 Å². The number of rotatable bonds is 3. The summed E-state index contributed by atoms with van der Waals surface area (Å²) in [6, 6.07) is 12.2. The van der Waals surface area contributed by atoms with E-state index in [4.69, 9.17) is 9.47 Å². The summed E-state index contributed by atoms with van der Waals surface area (Å²) in [5.41, 5.74) is 3.14. The largest absolute Gasteiger partial charge is 0.371 e. The van der Waals surface area contributed by atoms with Crippen LogP contribution in [0.1, 0.15) is 24.3 Å². The molecule has 29 heavy (non-hydrogen) atoms. The van der Waals surface area contributed by atoms with Crippen LogP contribution < -0.4 is 10.2 Å². The van der Waals surface area contributed by atoms with Gasteiger partial charge in [0.05, 0.1) is 18.9 Å². The van der Waals surface area contributed by atoms with Gasteiger partial charge in [-0.3, -0.25) is 9.79 Å². The molecule has 0 aromatic heterocycles. The number of amides is 1. The van der Waals surface area contributed by atoms with Crippen molar-refractivity contribution in [3.8, 4) is 0 Å². The van der Waals surface area contributed by atoms with Crippen LogP contribution in [0.15, 0.2) is 47.5 Å². The Hall–Kier alpha value is -2.77. The molecule has 7 heteroatoms. The highest BCUT2D eigenvalue weighted by molar-refractivity contribution is 6.12. The Morgan fingerprint density at radius 3 is 2.55 bits per heavy atom. The molecule has 3 aliphatic heterocycles. The first kappa shape index (κ1) is 18.3. The molecule has 0 bridgehead atoms. The molecule has 2 aromatic rings. The van der Waals surface area contributed by atoms with Crippen molar-refractivity contribution in [1.29, 1.82) is 0 Å². The van der Waals surface area contributed by atoms with Gasteiger partial charge >= 0.3 is 0 Å². The fourth-order valence-corrected chi connectivity index (χ4v) is 4.21. The highest BCUT2D eigenvalue weighted by atomic mass is 19.1. The maximum absolute atomic E-state index is 13.5. The number of hydrogen-bond donors (Lipinski definition) is 1. The van der Waals surface area contributed by atoms with E-state index in [-0.39, 0.29) is 17.5 Å². The topological polar surface area (TPSA) is 63.2 Å². The maximum atomic E-state index is 13.5. The number of carbonyl (C=O) groups is 1. The Labute approximate surface area is 168 Å². The summed E-state index contributed by atoms with van der Waals surface area (Å²) in [6.07, 6.45) is 3.30. The van der Waals surface area contributed by atoms with Crippen LogP contribution in [-0.4, -0.2) is 44.2 Å². The lowest BCUT2D eigenvalue weighted by Crippen LogP contribution is -2.45. The second kappa shape index (κ2) is 7.24. The molecule has 2 saturated heterocycles. The van der Waals surface area contributed by atoms with Crippen LogP contribution in [-0.2, 0) is 14.3 Å². The van der Waals surface area contributed by atoms with Crippen molar-refractivity contribution in [1.82, 2.24) is 0 Å². The number of carbonyl (C=O) groups excluding carboxylic acids is 1. The standard InChI is InChI=1S/C22H22FN3O3/c23-15-1-6-20-18(13-15)19(21(27)25-20)14-24-16-2-4-17(5-3-16)26-9-7-22(8-10-26)28-11-12-29-22/h1-6,13-14,19H,7-12H2,(H,25,27). The molecule has 0 radical (unpaired) electrons. The molecule has 1 atom stereocenters. The van der Waals surface area contributed by atoms with Gasteiger partial charge in [0.2, 0.25) is 5.91 Å². The molecule has 5 rings (SSSR count). The fourth-order valence-electron chi connectivity index (χ4n) is 4.21. The summed E-state index contributed by atoms with van der Waals surface area (Å²) in [5.74, 6) is -1.51. The first-order chi connectivity index (χ1) is 14.1. The van der Waals surface area contributed by atoms with Gasteiger partial charge in [-0.05, 0) is 48.0 Å². The number of nitrogens with zero attached hydrogens (tertiary/aromatic N) is 2. The monoisotopic (exact) mass is 395 g/mol. The summed E-state index contributed by atoms with van der Waals surface area (Å²) in [7, 11) is 0. The second-order valence-corrected chi connectivity index (χ2v) is 7.59. The minimum atomic E-state index is -0.579. The van der Waals surface area contributed by atoms with Gasteiger partial charge in [0.15, 0.2) is 5.79 Å². The molecule has 2 aromatic carbocycles. The Morgan fingerprint density at radius 1 is 1.10 bits per heavy atom. The molecule has 2 fully saturated rings. The average Bonchev–Trinajstić information content (AvgIpc) is 3.31. The van der Waals surface area contributed by atoms with Gasteiger partial charge in [-0.25, -0.2) is 4.39 Å². The summed E-state index contributed by atoms with van der Waals surface area (Å²) >= 11 is 0. The zero-order valence-corrected chi connectivity index (χ0v) is 15.9. The zero-order valence-electron chi connectivity index (χ0n) is 15.9. The quantitative estimate of drug-likeness (QED) is 0.807. The molecule has 0 aliphatic carbocycles. The second-order valence-electron chi connectivity index (χ2n) is 7.59. The molecule has 0 saturated carbocycles. The van der Waals surface area contributed by atoms with Crippen LogP contribution in [0.25, 0.3) is 0 Å². The van der Waals surface area contributed by atoms with E-state index in [0.717, 1.165) is 37.3 Å². The Kier molecular flexibility index (Phi) is 4.56. The highest BCUT2D eigenvalue weighted by Gasteiger charge is 2.39. The van der Waals surface area contributed by atoms with Gasteiger partial charge in [-0.2, -0.15) is 0 Å². The van der Waals surface area contributed by atoms with E-state index in [1.165, 1.54) is 12.1 Å². The lowest BCUT2D eigenvalue weighted by molar-refractivity contribution is -0.169. The number of halogens is 1. The van der Waals surface area contributed by atoms with Gasteiger partial charge in [0, 0.05) is 43.5 Å². The summed E-state index contributed by atoms with van der Waals surface area (Å²) < 4.78 is 25.1. The van der Waals surface area contributed by atoms with Crippen LogP contribution in [0, 0.1) is 5.82 Å². The van der Waals surface area contributed by atoms with Crippen molar-refractivity contribution in [2.45, 2.75) is 24.5 Å². The van der Waals surface area contributed by atoms with Crippen molar-refractivity contribution in [3.63, 3.8) is 0 Å². The first-order valence-corrected chi connectivity index (χ1v) is 9.89. The first-order valence-electron chi connectivity index (χ1n) is 9.89. The van der Waals surface area contributed by atoms with Crippen LogP contribution in [0.4, 0.5) is 21.5 Å². The number of nitrogens with one attached hydrogen (secondary N) is 1. The molecule has 1 N–H and O–H groups in total. The average molecular weight is 395 g/mol. The van der Waals surface area contributed by atoms with Crippen LogP contribution >= 0.6 is 0 Å². The summed E-state index contributed by atoms with van der Waals surface area (Å²) in [4.78, 5) is 18.9. The fraction of sp³-hybridized carbons (Fsp3) is 0.364. The smallest absolute Gasteiger partial charge is 0.237 e. The van der Waals surface area contributed by atoms with E-state index < -0.39 is 5.92 Å². The van der Waals surface area contributed by atoms with Crippen molar-refractivity contribution in [2.75, 3.05) is 36.5 Å². The lowest BCUT2D eigenvalue weighted by Gasteiger charge is -2.38. The normalized spacial score (nSPS) is 23.0. The number of aliphatic imine (C=N–C) groups is 1. The molecule has 1 unspecified atom stereocenters.